The Labute approximate surface area is 115 Å². The molecule has 1 rings (SSSR count). The van der Waals surface area contributed by atoms with Crippen LogP contribution in [0, 0.1) is 6.92 Å². The summed E-state index contributed by atoms with van der Waals surface area (Å²) in [5.41, 5.74) is 1.00. The van der Waals surface area contributed by atoms with E-state index in [0.29, 0.717) is 19.8 Å². The average molecular weight is 289 g/mol. The Bertz CT molecular complexity index is 367. The standard InChI is InChI=1S/C13H21ClO3Si/c1-5-15-18(16-6-2,17-7-3)12-8-9-13(14)11(4)10-12/h8-10H,5-7H2,1-4H3. The molecule has 0 saturated carbocycles. The minimum atomic E-state index is -2.78. The number of rotatable bonds is 7. The van der Waals surface area contributed by atoms with Gasteiger partial charge in [0, 0.05) is 30.0 Å². The van der Waals surface area contributed by atoms with E-state index in [4.69, 9.17) is 24.9 Å². The lowest BCUT2D eigenvalue weighted by Gasteiger charge is -2.28. The second kappa shape index (κ2) is 7.26. The SMILES string of the molecule is CCO[Si](OCC)(OCC)c1ccc(Cl)c(C)c1. The first-order chi connectivity index (χ1) is 8.59. The van der Waals surface area contributed by atoms with Crippen LogP contribution in [0.5, 0.6) is 0 Å². The molecule has 0 aliphatic rings. The van der Waals surface area contributed by atoms with Crippen LogP contribution in [0.25, 0.3) is 0 Å². The zero-order valence-corrected chi connectivity index (χ0v) is 13.2. The van der Waals surface area contributed by atoms with Crippen molar-refractivity contribution >= 4 is 25.6 Å². The van der Waals surface area contributed by atoms with E-state index in [2.05, 4.69) is 0 Å². The van der Waals surface area contributed by atoms with Crippen molar-refractivity contribution in [1.82, 2.24) is 0 Å². The van der Waals surface area contributed by atoms with E-state index in [9.17, 15) is 0 Å². The quantitative estimate of drug-likeness (QED) is 0.722. The molecule has 0 unspecified atom stereocenters. The van der Waals surface area contributed by atoms with Crippen molar-refractivity contribution in [2.45, 2.75) is 27.7 Å². The number of hydrogen-bond acceptors (Lipinski definition) is 3. The zero-order valence-electron chi connectivity index (χ0n) is 11.5. The van der Waals surface area contributed by atoms with E-state index in [1.165, 1.54) is 0 Å². The fourth-order valence-corrected chi connectivity index (χ4v) is 4.47. The monoisotopic (exact) mass is 288 g/mol. The van der Waals surface area contributed by atoms with Crippen molar-refractivity contribution in [3.05, 3.63) is 28.8 Å². The Balaban J connectivity index is 3.16. The summed E-state index contributed by atoms with van der Waals surface area (Å²) in [7, 11) is -2.78. The zero-order chi connectivity index (χ0) is 13.6. The summed E-state index contributed by atoms with van der Waals surface area (Å²) in [5, 5.41) is 1.71. The first-order valence-electron chi connectivity index (χ1n) is 6.28. The Hall–Kier alpha value is -0.393. The third-order valence-corrected chi connectivity index (χ3v) is 5.96. The summed E-state index contributed by atoms with van der Waals surface area (Å²) >= 11 is 6.05. The van der Waals surface area contributed by atoms with Crippen molar-refractivity contribution in [3.63, 3.8) is 0 Å². The van der Waals surface area contributed by atoms with Crippen LogP contribution in [0.15, 0.2) is 18.2 Å². The highest BCUT2D eigenvalue weighted by Gasteiger charge is 2.43. The molecule has 5 heteroatoms. The van der Waals surface area contributed by atoms with Crippen LogP contribution in [0.4, 0.5) is 0 Å². The molecule has 0 fully saturated rings. The van der Waals surface area contributed by atoms with Gasteiger partial charge in [-0.05, 0) is 39.3 Å². The lowest BCUT2D eigenvalue weighted by atomic mass is 10.2. The summed E-state index contributed by atoms with van der Waals surface area (Å²) in [6, 6.07) is 5.79. The molecule has 0 radical (unpaired) electrons. The third-order valence-electron chi connectivity index (χ3n) is 2.51. The maximum Gasteiger partial charge on any atom is 0.537 e. The number of hydrogen-bond donors (Lipinski definition) is 0. The first kappa shape index (κ1) is 15.7. The van der Waals surface area contributed by atoms with Gasteiger partial charge in [0.2, 0.25) is 0 Å². The predicted molar refractivity (Wildman–Crippen MR) is 76.5 cm³/mol. The van der Waals surface area contributed by atoms with Crippen LogP contribution < -0.4 is 5.19 Å². The van der Waals surface area contributed by atoms with Gasteiger partial charge in [-0.3, -0.25) is 0 Å². The van der Waals surface area contributed by atoms with Gasteiger partial charge in [0.05, 0.1) is 0 Å². The fraction of sp³-hybridized carbons (Fsp3) is 0.538. The molecular formula is C13H21ClO3Si. The molecule has 0 aliphatic heterocycles. The molecule has 102 valence electrons. The van der Waals surface area contributed by atoms with E-state index < -0.39 is 8.80 Å². The summed E-state index contributed by atoms with van der Waals surface area (Å²) in [4.78, 5) is 0. The molecule has 0 N–H and O–H groups in total. The van der Waals surface area contributed by atoms with Gasteiger partial charge in [-0.1, -0.05) is 23.7 Å². The van der Waals surface area contributed by atoms with E-state index in [1.54, 1.807) is 0 Å². The fourth-order valence-electron chi connectivity index (χ4n) is 1.78. The third kappa shape index (κ3) is 3.55. The topological polar surface area (TPSA) is 27.7 Å². The Morgan fingerprint density at radius 3 is 1.89 bits per heavy atom. The molecule has 1 aromatic rings. The van der Waals surface area contributed by atoms with Crippen molar-refractivity contribution in [2.75, 3.05) is 19.8 Å². The smallest absolute Gasteiger partial charge is 0.370 e. The van der Waals surface area contributed by atoms with E-state index >= 15 is 0 Å². The lowest BCUT2D eigenvalue weighted by molar-refractivity contribution is 0.0859. The van der Waals surface area contributed by atoms with Gasteiger partial charge in [0.15, 0.2) is 0 Å². The van der Waals surface area contributed by atoms with Gasteiger partial charge in [-0.15, -0.1) is 0 Å². The van der Waals surface area contributed by atoms with Crippen molar-refractivity contribution < 1.29 is 13.3 Å². The van der Waals surface area contributed by atoms with Gasteiger partial charge in [0.1, 0.15) is 0 Å². The van der Waals surface area contributed by atoms with Gasteiger partial charge in [-0.25, -0.2) is 0 Å². The largest absolute Gasteiger partial charge is 0.537 e. The molecule has 0 saturated heterocycles. The Kier molecular flexibility index (Phi) is 6.32. The minimum Gasteiger partial charge on any atom is -0.370 e. The average Bonchev–Trinajstić information content (AvgIpc) is 2.33. The van der Waals surface area contributed by atoms with Gasteiger partial charge in [0.25, 0.3) is 0 Å². The Morgan fingerprint density at radius 1 is 1.00 bits per heavy atom. The number of benzene rings is 1. The molecule has 0 atom stereocenters. The highest BCUT2D eigenvalue weighted by molar-refractivity contribution is 6.75. The van der Waals surface area contributed by atoms with Crippen molar-refractivity contribution in [2.24, 2.45) is 0 Å². The van der Waals surface area contributed by atoms with Crippen LogP contribution in [0.2, 0.25) is 5.02 Å². The second-order valence-electron chi connectivity index (χ2n) is 3.82. The molecule has 0 aliphatic carbocycles. The molecule has 0 bridgehead atoms. The summed E-state index contributed by atoms with van der Waals surface area (Å²) < 4.78 is 17.5. The summed E-state index contributed by atoms with van der Waals surface area (Å²) in [5.74, 6) is 0. The normalized spacial score (nSPS) is 11.8. The molecular weight excluding hydrogens is 268 g/mol. The van der Waals surface area contributed by atoms with E-state index in [-0.39, 0.29) is 0 Å². The predicted octanol–water partition coefficient (Wildman–Crippen LogP) is 2.90. The molecule has 0 amide bonds. The minimum absolute atomic E-state index is 0.563. The first-order valence-corrected chi connectivity index (χ1v) is 8.38. The molecule has 0 heterocycles. The van der Waals surface area contributed by atoms with E-state index in [0.717, 1.165) is 15.8 Å². The summed E-state index contributed by atoms with van der Waals surface area (Å²) in [6.45, 7) is 9.50. The molecule has 1 aromatic carbocycles. The molecule has 0 spiro atoms. The number of aryl methyl sites for hydroxylation is 1. The van der Waals surface area contributed by atoms with Crippen molar-refractivity contribution in [1.29, 1.82) is 0 Å². The van der Waals surface area contributed by atoms with Crippen LogP contribution in [0.1, 0.15) is 26.3 Å². The van der Waals surface area contributed by atoms with Crippen LogP contribution in [-0.2, 0) is 13.3 Å². The van der Waals surface area contributed by atoms with E-state index in [1.807, 2.05) is 45.9 Å². The maximum absolute atomic E-state index is 6.05. The summed E-state index contributed by atoms with van der Waals surface area (Å²) in [6.07, 6.45) is 0. The second-order valence-corrected chi connectivity index (χ2v) is 6.78. The van der Waals surface area contributed by atoms with Crippen molar-refractivity contribution in [3.8, 4) is 0 Å². The molecule has 3 nitrogen and oxygen atoms in total. The molecule has 0 aromatic heterocycles. The van der Waals surface area contributed by atoms with Gasteiger partial charge in [-0.2, -0.15) is 0 Å². The van der Waals surface area contributed by atoms with Crippen LogP contribution >= 0.6 is 11.6 Å². The maximum atomic E-state index is 6.05. The van der Waals surface area contributed by atoms with Crippen LogP contribution in [0.3, 0.4) is 0 Å². The van der Waals surface area contributed by atoms with Crippen LogP contribution in [-0.4, -0.2) is 28.6 Å². The highest BCUT2D eigenvalue weighted by atomic mass is 35.5. The van der Waals surface area contributed by atoms with Gasteiger partial charge >= 0.3 is 8.80 Å². The number of halogens is 1. The highest BCUT2D eigenvalue weighted by Crippen LogP contribution is 2.17. The Morgan fingerprint density at radius 2 is 1.50 bits per heavy atom. The van der Waals surface area contributed by atoms with Gasteiger partial charge < -0.3 is 13.3 Å². The molecule has 18 heavy (non-hydrogen) atoms. The lowest BCUT2D eigenvalue weighted by Crippen LogP contribution is -2.57.